The minimum absolute atomic E-state index is 0.321. The number of hydrogen-bond donors (Lipinski definition) is 0. The monoisotopic (exact) mass is 424 g/mol. The molecule has 28 heavy (non-hydrogen) atoms. The van der Waals surface area contributed by atoms with Crippen LogP contribution in [0.1, 0.15) is 18.1 Å². The Morgan fingerprint density at radius 3 is 2.29 bits per heavy atom. The lowest BCUT2D eigenvalue weighted by molar-refractivity contribution is -0.131. The van der Waals surface area contributed by atoms with Gasteiger partial charge in [0, 0.05) is 18.6 Å². The van der Waals surface area contributed by atoms with E-state index in [2.05, 4.69) is 0 Å². The molecule has 0 aliphatic carbocycles. The maximum absolute atomic E-state index is 12.9. The molecule has 0 bridgehead atoms. The normalized spacial score (nSPS) is 12.4. The van der Waals surface area contributed by atoms with Crippen molar-refractivity contribution in [3.05, 3.63) is 58.6 Å². The van der Waals surface area contributed by atoms with E-state index in [9.17, 15) is 13.2 Å². The second kappa shape index (κ2) is 8.84. The zero-order chi connectivity index (χ0) is 21.1. The van der Waals surface area contributed by atoms with Crippen molar-refractivity contribution in [3.63, 3.8) is 0 Å². The third-order valence-electron chi connectivity index (χ3n) is 4.43. The van der Waals surface area contributed by atoms with Crippen molar-refractivity contribution < 1.29 is 17.9 Å². The van der Waals surface area contributed by atoms with Crippen LogP contribution >= 0.6 is 11.6 Å². The molecule has 0 spiro atoms. The fourth-order valence-corrected chi connectivity index (χ4v) is 4.26. The van der Waals surface area contributed by atoms with Crippen molar-refractivity contribution in [2.24, 2.45) is 0 Å². The quantitative estimate of drug-likeness (QED) is 0.682. The number of likely N-dealkylation sites (N-methyl/N-ethyl adjacent to an activating group) is 1. The molecule has 1 amide bonds. The number of hydrogen-bond acceptors (Lipinski definition) is 4. The van der Waals surface area contributed by atoms with E-state index in [1.807, 2.05) is 31.2 Å². The Labute approximate surface area is 171 Å². The first-order valence-electron chi connectivity index (χ1n) is 8.68. The number of carbonyl (C=O) groups is 1. The fourth-order valence-electron chi connectivity index (χ4n) is 2.92. The molecular formula is C20H25ClN2O4S. The number of sulfonamides is 1. The lowest BCUT2D eigenvalue weighted by Gasteiger charge is -2.31. The van der Waals surface area contributed by atoms with Crippen LogP contribution in [-0.4, -0.2) is 45.7 Å². The summed E-state index contributed by atoms with van der Waals surface area (Å²) < 4.78 is 31.1. The molecule has 0 aromatic heterocycles. The smallest absolute Gasteiger partial charge is 0.246 e. The van der Waals surface area contributed by atoms with E-state index in [4.69, 9.17) is 16.3 Å². The van der Waals surface area contributed by atoms with Gasteiger partial charge in [-0.2, -0.15) is 0 Å². The fraction of sp³-hybridized carbons (Fsp3) is 0.350. The van der Waals surface area contributed by atoms with Crippen LogP contribution in [0.5, 0.6) is 5.75 Å². The Hall–Kier alpha value is -2.25. The average molecular weight is 425 g/mol. The highest BCUT2D eigenvalue weighted by Gasteiger charge is 2.31. The summed E-state index contributed by atoms with van der Waals surface area (Å²) in [7, 11) is -0.465. The standard InChI is InChI=1S/C20H25ClN2O4S/c1-14-6-9-17(12-19(14)21)23(28(5,25)26)15(2)20(24)22(3)13-16-7-10-18(27-4)11-8-16/h6-12,15H,13H2,1-5H3. The summed E-state index contributed by atoms with van der Waals surface area (Å²) in [5.41, 5.74) is 2.10. The first-order valence-corrected chi connectivity index (χ1v) is 10.9. The Balaban J connectivity index is 2.25. The van der Waals surface area contributed by atoms with Crippen LogP contribution in [0.4, 0.5) is 5.69 Å². The molecular weight excluding hydrogens is 400 g/mol. The lowest BCUT2D eigenvalue weighted by atomic mass is 10.2. The highest BCUT2D eigenvalue weighted by Crippen LogP contribution is 2.27. The predicted octanol–water partition coefficient (Wildman–Crippen LogP) is 3.47. The minimum atomic E-state index is -3.70. The molecule has 0 saturated heterocycles. The number of carbonyl (C=O) groups excluding carboxylic acids is 1. The van der Waals surface area contributed by atoms with Gasteiger partial charge in [0.05, 0.1) is 19.1 Å². The van der Waals surface area contributed by atoms with Gasteiger partial charge in [0.2, 0.25) is 15.9 Å². The second-order valence-electron chi connectivity index (χ2n) is 6.71. The van der Waals surface area contributed by atoms with Crippen LogP contribution < -0.4 is 9.04 Å². The van der Waals surface area contributed by atoms with Crippen molar-refractivity contribution in [1.82, 2.24) is 4.90 Å². The van der Waals surface area contributed by atoms with E-state index in [1.165, 1.54) is 4.90 Å². The zero-order valence-corrected chi connectivity index (χ0v) is 18.2. The van der Waals surface area contributed by atoms with Crippen LogP contribution in [0, 0.1) is 6.92 Å². The molecule has 8 heteroatoms. The molecule has 2 rings (SSSR count). The summed E-state index contributed by atoms with van der Waals surface area (Å²) in [6.07, 6.45) is 1.08. The molecule has 152 valence electrons. The van der Waals surface area contributed by atoms with E-state index < -0.39 is 16.1 Å². The molecule has 0 aliphatic heterocycles. The van der Waals surface area contributed by atoms with Crippen molar-refractivity contribution in [1.29, 1.82) is 0 Å². The Morgan fingerprint density at radius 2 is 1.79 bits per heavy atom. The van der Waals surface area contributed by atoms with Gasteiger partial charge in [-0.1, -0.05) is 29.8 Å². The molecule has 0 heterocycles. The zero-order valence-electron chi connectivity index (χ0n) is 16.6. The minimum Gasteiger partial charge on any atom is -0.497 e. The number of ether oxygens (including phenoxy) is 1. The van der Waals surface area contributed by atoms with E-state index in [0.717, 1.165) is 27.4 Å². The summed E-state index contributed by atoms with van der Waals surface area (Å²) in [5, 5.41) is 0.442. The largest absolute Gasteiger partial charge is 0.497 e. The number of halogens is 1. The van der Waals surface area contributed by atoms with Gasteiger partial charge in [0.1, 0.15) is 11.8 Å². The van der Waals surface area contributed by atoms with Gasteiger partial charge in [-0.25, -0.2) is 8.42 Å². The molecule has 1 atom stereocenters. The number of amides is 1. The number of rotatable bonds is 7. The second-order valence-corrected chi connectivity index (χ2v) is 8.98. The van der Waals surface area contributed by atoms with Crippen molar-refractivity contribution in [3.8, 4) is 5.75 Å². The van der Waals surface area contributed by atoms with Gasteiger partial charge < -0.3 is 9.64 Å². The van der Waals surface area contributed by atoms with Gasteiger partial charge in [-0.3, -0.25) is 9.10 Å². The SMILES string of the molecule is COc1ccc(CN(C)C(=O)C(C)N(c2ccc(C)c(Cl)c2)S(C)(=O)=O)cc1. The summed E-state index contributed by atoms with van der Waals surface area (Å²) in [4.78, 5) is 14.4. The third-order valence-corrected chi connectivity index (χ3v) is 6.08. The number of anilines is 1. The molecule has 0 N–H and O–H groups in total. The Morgan fingerprint density at radius 1 is 1.18 bits per heavy atom. The summed E-state index contributed by atoms with van der Waals surface area (Å²) >= 11 is 6.16. The third kappa shape index (κ3) is 5.17. The van der Waals surface area contributed by atoms with Crippen LogP contribution in [0.25, 0.3) is 0 Å². The van der Waals surface area contributed by atoms with Crippen molar-refractivity contribution >= 4 is 33.2 Å². The molecule has 2 aromatic carbocycles. The molecule has 0 fully saturated rings. The van der Waals surface area contributed by atoms with Crippen molar-refractivity contribution in [2.45, 2.75) is 26.4 Å². The van der Waals surface area contributed by atoms with E-state index in [0.29, 0.717) is 17.3 Å². The number of benzene rings is 2. The van der Waals surface area contributed by atoms with Gasteiger partial charge in [0.15, 0.2) is 0 Å². The number of aryl methyl sites for hydroxylation is 1. The Bertz CT molecular complexity index is 945. The maximum Gasteiger partial charge on any atom is 0.246 e. The number of methoxy groups -OCH3 is 1. The van der Waals surface area contributed by atoms with E-state index in [1.54, 1.807) is 39.3 Å². The predicted molar refractivity (Wildman–Crippen MR) is 112 cm³/mol. The summed E-state index contributed by atoms with van der Waals surface area (Å²) in [6.45, 7) is 3.75. The molecule has 0 radical (unpaired) electrons. The topological polar surface area (TPSA) is 66.9 Å². The van der Waals surface area contributed by atoms with Gasteiger partial charge >= 0.3 is 0 Å². The summed E-state index contributed by atoms with van der Waals surface area (Å²) in [5.74, 6) is 0.406. The average Bonchev–Trinajstić information content (AvgIpc) is 2.63. The first-order chi connectivity index (χ1) is 13.0. The molecule has 2 aromatic rings. The van der Waals surface area contributed by atoms with Crippen LogP contribution in [-0.2, 0) is 21.4 Å². The molecule has 0 saturated carbocycles. The molecule has 0 aliphatic rings. The van der Waals surface area contributed by atoms with Crippen LogP contribution in [0.15, 0.2) is 42.5 Å². The van der Waals surface area contributed by atoms with E-state index in [-0.39, 0.29) is 5.91 Å². The van der Waals surface area contributed by atoms with Gasteiger partial charge in [-0.15, -0.1) is 0 Å². The first kappa shape index (κ1) is 22.0. The lowest BCUT2D eigenvalue weighted by Crippen LogP contribution is -2.48. The van der Waals surface area contributed by atoms with E-state index >= 15 is 0 Å². The van der Waals surface area contributed by atoms with Gasteiger partial charge in [0.25, 0.3) is 0 Å². The highest BCUT2D eigenvalue weighted by atomic mass is 35.5. The Kier molecular flexibility index (Phi) is 6.96. The molecule has 1 unspecified atom stereocenters. The highest BCUT2D eigenvalue weighted by molar-refractivity contribution is 7.92. The molecule has 6 nitrogen and oxygen atoms in total. The van der Waals surface area contributed by atoms with Crippen LogP contribution in [0.2, 0.25) is 5.02 Å². The maximum atomic E-state index is 12.9. The summed E-state index contributed by atoms with van der Waals surface area (Å²) in [6, 6.07) is 11.4. The number of nitrogens with zero attached hydrogens (tertiary/aromatic N) is 2. The van der Waals surface area contributed by atoms with Crippen LogP contribution in [0.3, 0.4) is 0 Å². The van der Waals surface area contributed by atoms with Crippen molar-refractivity contribution in [2.75, 3.05) is 24.7 Å². The van der Waals surface area contributed by atoms with Gasteiger partial charge in [-0.05, 0) is 49.2 Å².